The first-order chi connectivity index (χ1) is 6.63. The Morgan fingerprint density at radius 3 is 2.36 bits per heavy atom. The van der Waals surface area contributed by atoms with Gasteiger partial charge < -0.3 is 15.9 Å². The van der Waals surface area contributed by atoms with Crippen LogP contribution in [-0.2, 0) is 11.2 Å². The zero-order valence-electron chi connectivity index (χ0n) is 7.68. The van der Waals surface area contributed by atoms with Crippen molar-refractivity contribution < 1.29 is 15.0 Å². The lowest BCUT2D eigenvalue weighted by atomic mass is 10.1. The fourth-order valence-corrected chi connectivity index (χ4v) is 1.17. The fraction of sp³-hybridized carbons (Fsp3) is 0.300. The Hall–Kier alpha value is -1.39. The molecule has 0 radical (unpaired) electrons. The van der Waals surface area contributed by atoms with Crippen LogP contribution in [-0.4, -0.2) is 22.7 Å². The summed E-state index contributed by atoms with van der Waals surface area (Å²) < 4.78 is 0. The molecule has 0 spiro atoms. The molecule has 0 saturated carbocycles. The van der Waals surface area contributed by atoms with Gasteiger partial charge in [-0.2, -0.15) is 0 Å². The molecule has 0 aliphatic rings. The zero-order valence-corrected chi connectivity index (χ0v) is 7.68. The van der Waals surface area contributed by atoms with Gasteiger partial charge in [0, 0.05) is 6.54 Å². The minimum atomic E-state index is -0.864. The van der Waals surface area contributed by atoms with Crippen LogP contribution in [0.2, 0.25) is 0 Å². The Balaban J connectivity index is 2.73. The smallest absolute Gasteiger partial charge is 0.307 e. The molecule has 1 aromatic rings. The standard InChI is InChI=1S/C10H13NO3/c11-6-9(12)8-3-1-7(2-4-8)5-10(13)14/h1-4,9,12H,5-6,11H2,(H,13,14). The Labute approximate surface area is 82.0 Å². The number of carboxylic acids is 1. The SMILES string of the molecule is NCC(O)c1ccc(CC(=O)O)cc1. The zero-order chi connectivity index (χ0) is 10.6. The van der Waals surface area contributed by atoms with Crippen LogP contribution in [0.1, 0.15) is 17.2 Å². The highest BCUT2D eigenvalue weighted by molar-refractivity contribution is 5.70. The maximum absolute atomic E-state index is 10.4. The third-order valence-corrected chi connectivity index (χ3v) is 1.94. The molecule has 4 heteroatoms. The number of hydrogen-bond donors (Lipinski definition) is 3. The lowest BCUT2D eigenvalue weighted by molar-refractivity contribution is -0.136. The lowest BCUT2D eigenvalue weighted by Gasteiger charge is -2.07. The number of aliphatic hydroxyl groups excluding tert-OH is 1. The first-order valence-corrected chi connectivity index (χ1v) is 4.32. The summed E-state index contributed by atoms with van der Waals surface area (Å²) >= 11 is 0. The number of nitrogens with two attached hydrogens (primary N) is 1. The second-order valence-corrected chi connectivity index (χ2v) is 3.06. The van der Waals surface area contributed by atoms with E-state index in [-0.39, 0.29) is 13.0 Å². The second-order valence-electron chi connectivity index (χ2n) is 3.06. The maximum atomic E-state index is 10.4. The van der Waals surface area contributed by atoms with Crippen molar-refractivity contribution in [3.05, 3.63) is 35.4 Å². The average Bonchev–Trinajstić information content (AvgIpc) is 2.17. The average molecular weight is 195 g/mol. The Morgan fingerprint density at radius 2 is 1.93 bits per heavy atom. The molecular formula is C10H13NO3. The van der Waals surface area contributed by atoms with Crippen molar-refractivity contribution in [1.82, 2.24) is 0 Å². The van der Waals surface area contributed by atoms with Crippen molar-refractivity contribution in [3.8, 4) is 0 Å². The first kappa shape index (κ1) is 10.7. The molecule has 0 amide bonds. The van der Waals surface area contributed by atoms with Gasteiger partial charge >= 0.3 is 5.97 Å². The topological polar surface area (TPSA) is 83.5 Å². The van der Waals surface area contributed by atoms with Gasteiger partial charge in [-0.05, 0) is 11.1 Å². The van der Waals surface area contributed by atoms with Gasteiger partial charge in [0.05, 0.1) is 12.5 Å². The van der Waals surface area contributed by atoms with Crippen LogP contribution >= 0.6 is 0 Å². The predicted octanol–water partition coefficient (Wildman–Crippen LogP) is 0.306. The number of benzene rings is 1. The predicted molar refractivity (Wildman–Crippen MR) is 51.8 cm³/mol. The summed E-state index contributed by atoms with van der Waals surface area (Å²) in [6.07, 6.45) is -0.673. The van der Waals surface area contributed by atoms with Crippen molar-refractivity contribution in [2.45, 2.75) is 12.5 Å². The Morgan fingerprint density at radius 1 is 1.36 bits per heavy atom. The van der Waals surface area contributed by atoms with Gasteiger partial charge in [-0.15, -0.1) is 0 Å². The molecule has 1 rings (SSSR count). The molecular weight excluding hydrogens is 182 g/mol. The van der Waals surface area contributed by atoms with Crippen LogP contribution in [0.3, 0.4) is 0 Å². The number of carboxylic acid groups (broad SMARTS) is 1. The van der Waals surface area contributed by atoms with E-state index in [1.165, 1.54) is 0 Å². The van der Waals surface area contributed by atoms with Gasteiger partial charge in [-0.25, -0.2) is 0 Å². The van der Waals surface area contributed by atoms with E-state index in [1.807, 2.05) is 0 Å². The van der Waals surface area contributed by atoms with E-state index in [2.05, 4.69) is 0 Å². The van der Waals surface area contributed by atoms with Crippen LogP contribution in [0.15, 0.2) is 24.3 Å². The normalized spacial score (nSPS) is 12.4. The first-order valence-electron chi connectivity index (χ1n) is 4.32. The quantitative estimate of drug-likeness (QED) is 0.645. The number of carbonyl (C=O) groups is 1. The van der Waals surface area contributed by atoms with Crippen LogP contribution in [0.25, 0.3) is 0 Å². The number of rotatable bonds is 4. The van der Waals surface area contributed by atoms with Gasteiger partial charge in [-0.1, -0.05) is 24.3 Å². The van der Waals surface area contributed by atoms with E-state index in [1.54, 1.807) is 24.3 Å². The minimum Gasteiger partial charge on any atom is -0.481 e. The molecule has 0 fully saturated rings. The van der Waals surface area contributed by atoms with E-state index in [4.69, 9.17) is 10.8 Å². The molecule has 0 saturated heterocycles. The fourth-order valence-electron chi connectivity index (χ4n) is 1.17. The largest absolute Gasteiger partial charge is 0.481 e. The van der Waals surface area contributed by atoms with E-state index < -0.39 is 12.1 Å². The minimum absolute atomic E-state index is 0.000992. The molecule has 1 atom stereocenters. The van der Waals surface area contributed by atoms with Crippen molar-refractivity contribution in [2.24, 2.45) is 5.73 Å². The summed E-state index contributed by atoms with van der Waals surface area (Å²) in [6, 6.07) is 6.75. The summed E-state index contributed by atoms with van der Waals surface area (Å²) in [6.45, 7) is 0.165. The monoisotopic (exact) mass is 195 g/mol. The molecule has 0 aromatic heterocycles. The number of hydrogen-bond acceptors (Lipinski definition) is 3. The molecule has 1 unspecified atom stereocenters. The number of aliphatic hydroxyl groups is 1. The van der Waals surface area contributed by atoms with Crippen LogP contribution in [0.4, 0.5) is 0 Å². The molecule has 0 bridgehead atoms. The molecule has 0 heterocycles. The lowest BCUT2D eigenvalue weighted by Crippen LogP contribution is -2.11. The van der Waals surface area contributed by atoms with Crippen molar-refractivity contribution >= 4 is 5.97 Å². The van der Waals surface area contributed by atoms with Gasteiger partial charge in [0.1, 0.15) is 0 Å². The van der Waals surface area contributed by atoms with Gasteiger partial charge in [0.2, 0.25) is 0 Å². The summed E-state index contributed by atoms with van der Waals surface area (Å²) in [7, 11) is 0. The molecule has 4 N–H and O–H groups in total. The Kier molecular flexibility index (Phi) is 3.62. The summed E-state index contributed by atoms with van der Waals surface area (Å²) in [5.74, 6) is -0.864. The highest BCUT2D eigenvalue weighted by Gasteiger charge is 2.05. The molecule has 76 valence electrons. The number of aliphatic carboxylic acids is 1. The highest BCUT2D eigenvalue weighted by atomic mass is 16.4. The van der Waals surface area contributed by atoms with Crippen LogP contribution in [0.5, 0.6) is 0 Å². The van der Waals surface area contributed by atoms with Crippen molar-refractivity contribution in [3.63, 3.8) is 0 Å². The van der Waals surface area contributed by atoms with Crippen molar-refractivity contribution in [1.29, 1.82) is 0 Å². The molecule has 4 nitrogen and oxygen atoms in total. The molecule has 1 aromatic carbocycles. The maximum Gasteiger partial charge on any atom is 0.307 e. The van der Waals surface area contributed by atoms with Crippen LogP contribution in [0, 0.1) is 0 Å². The van der Waals surface area contributed by atoms with Gasteiger partial charge in [-0.3, -0.25) is 4.79 Å². The Bertz CT molecular complexity index is 308. The van der Waals surface area contributed by atoms with Crippen LogP contribution < -0.4 is 5.73 Å². The second kappa shape index (κ2) is 4.74. The van der Waals surface area contributed by atoms with Gasteiger partial charge in [0.25, 0.3) is 0 Å². The molecule has 14 heavy (non-hydrogen) atoms. The molecule has 0 aliphatic heterocycles. The van der Waals surface area contributed by atoms with E-state index >= 15 is 0 Å². The van der Waals surface area contributed by atoms with E-state index in [0.717, 1.165) is 0 Å². The molecule has 0 aliphatic carbocycles. The van der Waals surface area contributed by atoms with Gasteiger partial charge in [0.15, 0.2) is 0 Å². The summed E-state index contributed by atoms with van der Waals surface area (Å²) in [5, 5.41) is 17.9. The third kappa shape index (κ3) is 2.83. The van der Waals surface area contributed by atoms with E-state index in [9.17, 15) is 9.90 Å². The highest BCUT2D eigenvalue weighted by Crippen LogP contribution is 2.12. The van der Waals surface area contributed by atoms with E-state index in [0.29, 0.717) is 11.1 Å². The third-order valence-electron chi connectivity index (χ3n) is 1.94. The van der Waals surface area contributed by atoms with Crippen molar-refractivity contribution in [2.75, 3.05) is 6.54 Å². The summed E-state index contributed by atoms with van der Waals surface area (Å²) in [4.78, 5) is 10.4. The summed E-state index contributed by atoms with van der Waals surface area (Å²) in [5.41, 5.74) is 6.70.